The molecule has 0 N–H and O–H groups in total. The molecule has 1 nitrogen and oxygen atoms in total. The highest BCUT2D eigenvalue weighted by atomic mass is 14.5. The molecule has 102 valence electrons. The third-order valence-electron chi connectivity index (χ3n) is 5.89. The second-order valence-electron chi connectivity index (χ2n) is 7.31. The van der Waals surface area contributed by atoms with Gasteiger partial charge in [0.1, 0.15) is 0 Å². The van der Waals surface area contributed by atoms with Crippen LogP contribution >= 0.6 is 0 Å². The van der Waals surface area contributed by atoms with Crippen LogP contribution in [-0.4, -0.2) is 0 Å². The van der Waals surface area contributed by atoms with Gasteiger partial charge in [-0.15, -0.1) is 0 Å². The molecule has 0 heterocycles. The van der Waals surface area contributed by atoms with Gasteiger partial charge in [-0.1, -0.05) is 33.6 Å². The summed E-state index contributed by atoms with van der Waals surface area (Å²) < 4.78 is 0. The van der Waals surface area contributed by atoms with Crippen molar-refractivity contribution in [3.8, 4) is 6.07 Å². The van der Waals surface area contributed by atoms with Gasteiger partial charge in [0.05, 0.1) is 11.5 Å². The van der Waals surface area contributed by atoms with Gasteiger partial charge in [0.15, 0.2) is 0 Å². The molecule has 0 aromatic carbocycles. The molecule has 0 aromatic rings. The van der Waals surface area contributed by atoms with Crippen molar-refractivity contribution in [1.29, 1.82) is 5.26 Å². The Hall–Kier alpha value is -0.510. The van der Waals surface area contributed by atoms with Crippen LogP contribution in [-0.2, 0) is 0 Å². The molecule has 2 aliphatic carbocycles. The minimum atomic E-state index is 0.0472. The van der Waals surface area contributed by atoms with E-state index < -0.39 is 0 Å². The molecule has 2 fully saturated rings. The van der Waals surface area contributed by atoms with Gasteiger partial charge in [-0.2, -0.15) is 5.26 Å². The highest BCUT2D eigenvalue weighted by Gasteiger charge is 2.43. The van der Waals surface area contributed by atoms with Crippen molar-refractivity contribution in [2.75, 3.05) is 0 Å². The van der Waals surface area contributed by atoms with Crippen molar-refractivity contribution >= 4 is 0 Å². The van der Waals surface area contributed by atoms with Gasteiger partial charge in [0, 0.05) is 0 Å². The van der Waals surface area contributed by atoms with E-state index in [1.54, 1.807) is 0 Å². The highest BCUT2D eigenvalue weighted by Crippen LogP contribution is 2.50. The molecule has 0 saturated heterocycles. The summed E-state index contributed by atoms with van der Waals surface area (Å²) in [6.45, 7) is 7.05. The van der Waals surface area contributed by atoms with E-state index in [1.807, 2.05) is 0 Å². The van der Waals surface area contributed by atoms with Crippen molar-refractivity contribution < 1.29 is 0 Å². The molecule has 0 amide bonds. The average Bonchev–Trinajstić information content (AvgIpc) is 2.39. The maximum absolute atomic E-state index is 9.73. The lowest BCUT2D eigenvalue weighted by molar-refractivity contribution is 0.0800. The van der Waals surface area contributed by atoms with Crippen LogP contribution in [0.1, 0.15) is 72.1 Å². The number of hydrogen-bond acceptors (Lipinski definition) is 1. The van der Waals surface area contributed by atoms with E-state index in [2.05, 4.69) is 26.8 Å². The summed E-state index contributed by atoms with van der Waals surface area (Å²) in [5, 5.41) is 9.73. The fourth-order valence-corrected chi connectivity index (χ4v) is 4.25. The number of nitrogens with zero attached hydrogens (tertiary/aromatic N) is 1. The summed E-state index contributed by atoms with van der Waals surface area (Å²) >= 11 is 0. The maximum atomic E-state index is 9.73. The quantitative estimate of drug-likeness (QED) is 0.660. The zero-order chi connectivity index (χ0) is 13.2. The monoisotopic (exact) mass is 247 g/mol. The lowest BCUT2D eigenvalue weighted by Gasteiger charge is -2.44. The largest absolute Gasteiger partial charge is 0.198 e. The molecule has 0 aromatic heterocycles. The second kappa shape index (κ2) is 5.64. The normalized spacial score (nSPS) is 41.6. The SMILES string of the molecule is CC1CCC(C2(C#N)CCC(C(C)C)CC2)CC1. The van der Waals surface area contributed by atoms with Crippen LogP contribution in [0.4, 0.5) is 0 Å². The minimum absolute atomic E-state index is 0.0472. The fourth-order valence-electron chi connectivity index (χ4n) is 4.25. The Bertz CT molecular complexity index is 296. The zero-order valence-corrected chi connectivity index (χ0v) is 12.4. The summed E-state index contributed by atoms with van der Waals surface area (Å²) in [5.74, 6) is 3.26. The molecule has 0 unspecified atom stereocenters. The summed E-state index contributed by atoms with van der Waals surface area (Å²) in [4.78, 5) is 0. The van der Waals surface area contributed by atoms with Crippen molar-refractivity contribution in [1.82, 2.24) is 0 Å². The summed E-state index contributed by atoms with van der Waals surface area (Å²) in [7, 11) is 0. The van der Waals surface area contributed by atoms with E-state index in [4.69, 9.17) is 0 Å². The molecular formula is C17H29N. The van der Waals surface area contributed by atoms with Crippen LogP contribution < -0.4 is 0 Å². The summed E-state index contributed by atoms with van der Waals surface area (Å²) in [6.07, 6.45) is 10.2. The summed E-state index contributed by atoms with van der Waals surface area (Å²) in [5.41, 5.74) is 0.0472. The number of hydrogen-bond donors (Lipinski definition) is 0. The van der Waals surface area contributed by atoms with E-state index in [0.29, 0.717) is 5.92 Å². The first-order valence-electron chi connectivity index (χ1n) is 7.98. The van der Waals surface area contributed by atoms with Crippen molar-refractivity contribution in [2.45, 2.75) is 72.1 Å². The minimum Gasteiger partial charge on any atom is -0.198 e. The predicted molar refractivity (Wildman–Crippen MR) is 76.0 cm³/mol. The third kappa shape index (κ3) is 2.73. The third-order valence-corrected chi connectivity index (χ3v) is 5.89. The van der Waals surface area contributed by atoms with Gasteiger partial charge in [-0.05, 0) is 62.2 Å². The summed E-state index contributed by atoms with van der Waals surface area (Å²) in [6, 6.07) is 2.76. The van der Waals surface area contributed by atoms with E-state index >= 15 is 0 Å². The van der Waals surface area contributed by atoms with Crippen LogP contribution in [0.15, 0.2) is 0 Å². The zero-order valence-electron chi connectivity index (χ0n) is 12.4. The standard InChI is InChI=1S/C17H29N/c1-13(2)15-8-10-17(12-18,11-9-15)16-6-4-14(3)5-7-16/h13-16H,4-11H2,1-3H3. The number of nitriles is 1. The molecule has 1 heteroatoms. The fraction of sp³-hybridized carbons (Fsp3) is 0.941. The number of rotatable bonds is 2. The van der Waals surface area contributed by atoms with Crippen LogP contribution in [0.5, 0.6) is 0 Å². The lowest BCUT2D eigenvalue weighted by atomic mass is 9.59. The van der Waals surface area contributed by atoms with Gasteiger partial charge in [0.25, 0.3) is 0 Å². The molecule has 18 heavy (non-hydrogen) atoms. The van der Waals surface area contributed by atoms with Crippen LogP contribution in [0.2, 0.25) is 0 Å². The van der Waals surface area contributed by atoms with Crippen molar-refractivity contribution in [3.05, 3.63) is 0 Å². The molecule has 0 aliphatic heterocycles. The lowest BCUT2D eigenvalue weighted by Crippen LogP contribution is -2.36. The van der Waals surface area contributed by atoms with E-state index in [0.717, 1.165) is 17.8 Å². The Morgan fingerprint density at radius 1 is 1.00 bits per heavy atom. The van der Waals surface area contributed by atoms with Gasteiger partial charge < -0.3 is 0 Å². The molecule has 0 spiro atoms. The van der Waals surface area contributed by atoms with Crippen molar-refractivity contribution in [2.24, 2.45) is 29.1 Å². The molecule has 0 bridgehead atoms. The van der Waals surface area contributed by atoms with Crippen LogP contribution in [0, 0.1) is 40.4 Å². The molecule has 0 atom stereocenters. The topological polar surface area (TPSA) is 23.8 Å². The maximum Gasteiger partial charge on any atom is 0.0692 e. The first-order chi connectivity index (χ1) is 8.57. The molecular weight excluding hydrogens is 218 g/mol. The van der Waals surface area contributed by atoms with Gasteiger partial charge >= 0.3 is 0 Å². The average molecular weight is 247 g/mol. The first kappa shape index (κ1) is 13.9. The van der Waals surface area contributed by atoms with Gasteiger partial charge in [-0.3, -0.25) is 0 Å². The Kier molecular flexibility index (Phi) is 4.36. The Morgan fingerprint density at radius 3 is 2.00 bits per heavy atom. The highest BCUT2D eigenvalue weighted by molar-refractivity contribution is 5.06. The molecule has 2 rings (SSSR count). The predicted octanol–water partition coefficient (Wildman–Crippen LogP) is 5.17. The van der Waals surface area contributed by atoms with Crippen LogP contribution in [0.3, 0.4) is 0 Å². The van der Waals surface area contributed by atoms with E-state index in [1.165, 1.54) is 51.4 Å². The molecule has 2 saturated carbocycles. The molecule has 0 radical (unpaired) electrons. The van der Waals surface area contributed by atoms with Crippen LogP contribution in [0.25, 0.3) is 0 Å². The van der Waals surface area contributed by atoms with E-state index in [-0.39, 0.29) is 5.41 Å². The molecule has 2 aliphatic rings. The second-order valence-corrected chi connectivity index (χ2v) is 7.31. The van der Waals surface area contributed by atoms with Crippen molar-refractivity contribution in [3.63, 3.8) is 0 Å². The van der Waals surface area contributed by atoms with E-state index in [9.17, 15) is 5.26 Å². The Morgan fingerprint density at radius 2 is 1.56 bits per heavy atom. The van der Waals surface area contributed by atoms with Gasteiger partial charge in [-0.25, -0.2) is 0 Å². The smallest absolute Gasteiger partial charge is 0.0692 e. The Labute approximate surface area is 113 Å². The van der Waals surface area contributed by atoms with Gasteiger partial charge in [0.2, 0.25) is 0 Å². The Balaban J connectivity index is 1.98. The first-order valence-corrected chi connectivity index (χ1v) is 7.98.